The van der Waals surface area contributed by atoms with Crippen LogP contribution in [0, 0.1) is 5.95 Å². The van der Waals surface area contributed by atoms with Gasteiger partial charge in [0.05, 0.1) is 5.69 Å². The number of hydrogen-bond acceptors (Lipinski definition) is 3. The van der Waals surface area contributed by atoms with Crippen molar-refractivity contribution >= 4 is 5.69 Å². The summed E-state index contributed by atoms with van der Waals surface area (Å²) in [6.07, 6.45) is 0. The van der Waals surface area contributed by atoms with E-state index in [-0.39, 0.29) is 5.88 Å². The van der Waals surface area contributed by atoms with Crippen LogP contribution in [0.5, 0.6) is 5.88 Å². The van der Waals surface area contributed by atoms with Crippen LogP contribution in [-0.4, -0.2) is 10.6 Å². The Morgan fingerprint density at radius 2 is 2.00 bits per heavy atom. The van der Waals surface area contributed by atoms with E-state index in [4.69, 9.17) is 10.5 Å². The average molecular weight is 184 g/mol. The van der Waals surface area contributed by atoms with E-state index in [1.54, 1.807) is 0 Å². The van der Waals surface area contributed by atoms with Crippen LogP contribution < -0.4 is 10.5 Å². The lowest BCUT2D eigenvalue weighted by atomic mass is 10.2. The second-order valence-electron chi connectivity index (χ2n) is 3.74. The molecule has 0 amide bonds. The standard InChI is InChI=1S/C9H13FN2O/c1-9(2,3)13-8-6(11)4-5-7(10)12-8/h4-5H,11H2,1-3H3. The zero-order valence-corrected chi connectivity index (χ0v) is 7.97. The quantitative estimate of drug-likeness (QED) is 0.679. The fraction of sp³-hybridized carbons (Fsp3) is 0.444. The maximum atomic E-state index is 12.7. The molecular formula is C9H13FN2O. The first-order valence-electron chi connectivity index (χ1n) is 3.99. The minimum Gasteiger partial charge on any atom is -0.470 e. The average Bonchev–Trinajstić information content (AvgIpc) is 1.94. The van der Waals surface area contributed by atoms with Gasteiger partial charge in [-0.3, -0.25) is 0 Å². The number of ether oxygens (including phenoxy) is 1. The highest BCUT2D eigenvalue weighted by Crippen LogP contribution is 2.22. The number of halogens is 1. The number of hydrogen-bond donors (Lipinski definition) is 1. The van der Waals surface area contributed by atoms with Crippen molar-refractivity contribution in [1.82, 2.24) is 4.98 Å². The summed E-state index contributed by atoms with van der Waals surface area (Å²) < 4.78 is 18.0. The van der Waals surface area contributed by atoms with Gasteiger partial charge in [-0.25, -0.2) is 0 Å². The van der Waals surface area contributed by atoms with Gasteiger partial charge in [0.1, 0.15) is 5.60 Å². The van der Waals surface area contributed by atoms with E-state index in [9.17, 15) is 4.39 Å². The van der Waals surface area contributed by atoms with Gasteiger partial charge >= 0.3 is 0 Å². The molecule has 1 aromatic heterocycles. The molecule has 0 bridgehead atoms. The molecule has 1 rings (SSSR count). The summed E-state index contributed by atoms with van der Waals surface area (Å²) in [7, 11) is 0. The predicted molar refractivity (Wildman–Crippen MR) is 49.0 cm³/mol. The van der Waals surface area contributed by atoms with Crippen molar-refractivity contribution in [3.63, 3.8) is 0 Å². The Morgan fingerprint density at radius 3 is 2.54 bits per heavy atom. The SMILES string of the molecule is CC(C)(C)Oc1nc(F)ccc1N. The zero-order chi connectivity index (χ0) is 10.1. The molecule has 0 atom stereocenters. The van der Waals surface area contributed by atoms with Gasteiger partial charge in [-0.1, -0.05) is 0 Å². The highest BCUT2D eigenvalue weighted by molar-refractivity contribution is 5.47. The topological polar surface area (TPSA) is 48.1 Å². The Bertz CT molecular complexity index is 307. The molecular weight excluding hydrogens is 171 g/mol. The molecule has 3 nitrogen and oxygen atoms in total. The molecule has 0 aliphatic rings. The van der Waals surface area contributed by atoms with Crippen LogP contribution in [0.1, 0.15) is 20.8 Å². The molecule has 72 valence electrons. The van der Waals surface area contributed by atoms with Crippen molar-refractivity contribution in [3.8, 4) is 5.88 Å². The molecule has 13 heavy (non-hydrogen) atoms. The minimum absolute atomic E-state index is 0.146. The van der Waals surface area contributed by atoms with Gasteiger partial charge in [0.15, 0.2) is 0 Å². The molecule has 0 saturated heterocycles. The van der Waals surface area contributed by atoms with E-state index in [1.807, 2.05) is 20.8 Å². The van der Waals surface area contributed by atoms with Crippen LogP contribution in [-0.2, 0) is 0 Å². The Kier molecular flexibility index (Phi) is 2.40. The predicted octanol–water partition coefficient (Wildman–Crippen LogP) is 1.98. The fourth-order valence-electron chi connectivity index (χ4n) is 0.800. The second kappa shape index (κ2) is 3.20. The minimum atomic E-state index is -0.589. The summed E-state index contributed by atoms with van der Waals surface area (Å²) in [4.78, 5) is 3.54. The Hall–Kier alpha value is -1.32. The smallest absolute Gasteiger partial charge is 0.240 e. The molecule has 4 heteroatoms. The second-order valence-corrected chi connectivity index (χ2v) is 3.74. The van der Waals surface area contributed by atoms with Crippen molar-refractivity contribution in [1.29, 1.82) is 0 Å². The summed E-state index contributed by atoms with van der Waals surface area (Å²) in [6, 6.07) is 2.63. The number of nitrogens with zero attached hydrogens (tertiary/aromatic N) is 1. The van der Waals surface area contributed by atoms with E-state index >= 15 is 0 Å². The third-order valence-electron chi connectivity index (χ3n) is 1.26. The lowest BCUT2D eigenvalue weighted by Gasteiger charge is -2.20. The molecule has 0 aromatic carbocycles. The first-order chi connectivity index (χ1) is 5.88. The van der Waals surface area contributed by atoms with E-state index in [1.165, 1.54) is 12.1 Å². The van der Waals surface area contributed by atoms with Gasteiger partial charge in [0, 0.05) is 0 Å². The first kappa shape index (κ1) is 9.77. The molecule has 0 fully saturated rings. The Labute approximate surface area is 76.7 Å². The van der Waals surface area contributed by atoms with E-state index in [0.717, 1.165) is 0 Å². The third kappa shape index (κ3) is 2.89. The number of nitrogen functional groups attached to an aromatic ring is 1. The highest BCUT2D eigenvalue weighted by Gasteiger charge is 2.15. The van der Waals surface area contributed by atoms with Crippen LogP contribution in [0.4, 0.5) is 10.1 Å². The summed E-state index contributed by atoms with van der Waals surface area (Å²) in [6.45, 7) is 5.54. The summed E-state index contributed by atoms with van der Waals surface area (Å²) in [5.41, 5.74) is 5.46. The van der Waals surface area contributed by atoms with E-state index in [0.29, 0.717) is 5.69 Å². The first-order valence-corrected chi connectivity index (χ1v) is 3.99. The van der Waals surface area contributed by atoms with E-state index < -0.39 is 11.5 Å². The van der Waals surface area contributed by atoms with E-state index in [2.05, 4.69) is 4.98 Å². The van der Waals surface area contributed by atoms with Crippen molar-refractivity contribution in [2.75, 3.05) is 5.73 Å². The maximum Gasteiger partial charge on any atom is 0.240 e. The number of aromatic nitrogens is 1. The lowest BCUT2D eigenvalue weighted by Crippen LogP contribution is -2.24. The van der Waals surface area contributed by atoms with Crippen LogP contribution in [0.25, 0.3) is 0 Å². The van der Waals surface area contributed by atoms with Crippen LogP contribution in [0.3, 0.4) is 0 Å². The van der Waals surface area contributed by atoms with Gasteiger partial charge in [0.2, 0.25) is 11.8 Å². The number of pyridine rings is 1. The lowest BCUT2D eigenvalue weighted by molar-refractivity contribution is 0.124. The van der Waals surface area contributed by atoms with Crippen LogP contribution in [0.15, 0.2) is 12.1 Å². The maximum absolute atomic E-state index is 12.7. The zero-order valence-electron chi connectivity index (χ0n) is 7.97. The van der Waals surface area contributed by atoms with Gasteiger partial charge in [-0.2, -0.15) is 9.37 Å². The molecule has 0 unspecified atom stereocenters. The molecule has 0 saturated carbocycles. The fourth-order valence-corrected chi connectivity index (χ4v) is 0.800. The molecule has 0 aliphatic carbocycles. The summed E-state index contributed by atoms with van der Waals surface area (Å²) >= 11 is 0. The monoisotopic (exact) mass is 184 g/mol. The van der Waals surface area contributed by atoms with Crippen LogP contribution in [0.2, 0.25) is 0 Å². The van der Waals surface area contributed by atoms with Crippen molar-refractivity contribution in [2.45, 2.75) is 26.4 Å². The Balaban J connectivity index is 2.94. The van der Waals surface area contributed by atoms with Gasteiger partial charge < -0.3 is 10.5 Å². The van der Waals surface area contributed by atoms with Crippen molar-refractivity contribution < 1.29 is 9.13 Å². The third-order valence-corrected chi connectivity index (χ3v) is 1.26. The molecule has 0 aliphatic heterocycles. The molecule has 1 heterocycles. The summed E-state index contributed by atoms with van der Waals surface area (Å²) in [5, 5.41) is 0. The number of rotatable bonds is 1. The molecule has 2 N–H and O–H groups in total. The molecule has 0 radical (unpaired) electrons. The van der Waals surface area contributed by atoms with Crippen molar-refractivity contribution in [2.24, 2.45) is 0 Å². The van der Waals surface area contributed by atoms with Crippen LogP contribution >= 0.6 is 0 Å². The van der Waals surface area contributed by atoms with Gasteiger partial charge in [-0.05, 0) is 32.9 Å². The van der Waals surface area contributed by atoms with Gasteiger partial charge in [-0.15, -0.1) is 0 Å². The highest BCUT2D eigenvalue weighted by atomic mass is 19.1. The molecule has 0 spiro atoms. The largest absolute Gasteiger partial charge is 0.470 e. The Morgan fingerprint density at radius 1 is 1.38 bits per heavy atom. The van der Waals surface area contributed by atoms with Crippen molar-refractivity contribution in [3.05, 3.63) is 18.1 Å². The number of nitrogens with two attached hydrogens (primary N) is 1. The molecule has 1 aromatic rings. The van der Waals surface area contributed by atoms with Gasteiger partial charge in [0.25, 0.3) is 0 Å². The normalized spacial score (nSPS) is 11.4. The summed E-state index contributed by atoms with van der Waals surface area (Å²) in [5.74, 6) is -0.444. The number of anilines is 1.